The lowest BCUT2D eigenvalue weighted by Gasteiger charge is -2.33. The molecule has 94 valence electrons. The van der Waals surface area contributed by atoms with Crippen LogP contribution in [0.1, 0.15) is 30.4 Å². The lowest BCUT2D eigenvalue weighted by molar-refractivity contribution is -0.147. The molecule has 0 atom stereocenters. The number of rotatable bonds is 4. The standard InChI is InChI=1S/C11H14ClNO3S/c1-4-13(11(2,3)10(15)16)9(14)8-7(12)5-6-17-8/h5-6H,4H2,1-3H3,(H,15,16). The van der Waals surface area contributed by atoms with Crippen molar-refractivity contribution in [2.75, 3.05) is 6.54 Å². The lowest BCUT2D eigenvalue weighted by Crippen LogP contribution is -2.52. The number of carboxylic acid groups (broad SMARTS) is 1. The molecule has 0 aliphatic carbocycles. The van der Waals surface area contributed by atoms with Crippen molar-refractivity contribution in [3.05, 3.63) is 21.3 Å². The molecule has 0 unspecified atom stereocenters. The van der Waals surface area contributed by atoms with Crippen molar-refractivity contribution in [2.45, 2.75) is 26.3 Å². The SMILES string of the molecule is CCN(C(=O)c1sccc1Cl)C(C)(C)C(=O)O. The van der Waals surface area contributed by atoms with Crippen LogP contribution in [-0.2, 0) is 4.79 Å². The van der Waals surface area contributed by atoms with Crippen LogP contribution in [-0.4, -0.2) is 34.0 Å². The van der Waals surface area contributed by atoms with Crippen LogP contribution in [0, 0.1) is 0 Å². The van der Waals surface area contributed by atoms with E-state index in [-0.39, 0.29) is 5.91 Å². The van der Waals surface area contributed by atoms with Gasteiger partial charge in [-0.2, -0.15) is 0 Å². The molecule has 1 heterocycles. The van der Waals surface area contributed by atoms with Crippen molar-refractivity contribution in [3.63, 3.8) is 0 Å². The van der Waals surface area contributed by atoms with Crippen LogP contribution in [0.25, 0.3) is 0 Å². The molecule has 0 saturated carbocycles. The van der Waals surface area contributed by atoms with Crippen molar-refractivity contribution in [3.8, 4) is 0 Å². The minimum absolute atomic E-state index is 0.312. The molecule has 1 amide bonds. The average molecular weight is 276 g/mol. The van der Waals surface area contributed by atoms with E-state index in [1.54, 1.807) is 18.4 Å². The van der Waals surface area contributed by atoms with E-state index in [2.05, 4.69) is 0 Å². The van der Waals surface area contributed by atoms with Gasteiger partial charge in [-0.25, -0.2) is 4.79 Å². The van der Waals surface area contributed by atoms with Crippen molar-refractivity contribution < 1.29 is 14.7 Å². The van der Waals surface area contributed by atoms with Gasteiger partial charge in [0.15, 0.2) is 0 Å². The summed E-state index contributed by atoms with van der Waals surface area (Å²) in [6, 6.07) is 1.63. The van der Waals surface area contributed by atoms with Crippen LogP contribution >= 0.6 is 22.9 Å². The van der Waals surface area contributed by atoms with Gasteiger partial charge in [0.05, 0.1) is 5.02 Å². The highest BCUT2D eigenvalue weighted by molar-refractivity contribution is 7.12. The summed E-state index contributed by atoms with van der Waals surface area (Å²) in [5.41, 5.74) is -1.25. The highest BCUT2D eigenvalue weighted by atomic mass is 35.5. The van der Waals surface area contributed by atoms with Crippen molar-refractivity contribution in [1.29, 1.82) is 0 Å². The number of aliphatic carboxylic acids is 1. The zero-order chi connectivity index (χ0) is 13.2. The molecule has 0 radical (unpaired) electrons. The van der Waals surface area contributed by atoms with Gasteiger partial charge in [-0.15, -0.1) is 11.3 Å². The Hall–Kier alpha value is -1.07. The van der Waals surface area contributed by atoms with E-state index in [9.17, 15) is 9.59 Å². The number of nitrogens with zero attached hydrogens (tertiary/aromatic N) is 1. The highest BCUT2D eigenvalue weighted by Gasteiger charge is 2.38. The van der Waals surface area contributed by atoms with Gasteiger partial charge in [-0.05, 0) is 32.2 Å². The monoisotopic (exact) mass is 275 g/mol. The third kappa shape index (κ3) is 2.61. The average Bonchev–Trinajstić information content (AvgIpc) is 2.64. The van der Waals surface area contributed by atoms with Gasteiger partial charge >= 0.3 is 5.97 Å². The maximum absolute atomic E-state index is 12.2. The quantitative estimate of drug-likeness (QED) is 0.919. The first-order chi connectivity index (χ1) is 7.82. The summed E-state index contributed by atoms with van der Waals surface area (Å²) in [6.07, 6.45) is 0. The first-order valence-electron chi connectivity index (χ1n) is 5.10. The molecular formula is C11H14ClNO3S. The number of hydrogen-bond donors (Lipinski definition) is 1. The zero-order valence-corrected chi connectivity index (χ0v) is 11.4. The highest BCUT2D eigenvalue weighted by Crippen LogP contribution is 2.26. The Bertz CT molecular complexity index is 442. The molecule has 17 heavy (non-hydrogen) atoms. The van der Waals surface area contributed by atoms with Crippen LogP contribution in [0.2, 0.25) is 5.02 Å². The molecule has 0 spiro atoms. The molecule has 0 aliphatic heterocycles. The Labute approximate surface area is 109 Å². The molecular weight excluding hydrogens is 262 g/mol. The minimum atomic E-state index is -1.25. The van der Waals surface area contributed by atoms with Crippen LogP contribution in [0.3, 0.4) is 0 Å². The predicted molar refractivity (Wildman–Crippen MR) is 67.8 cm³/mol. The van der Waals surface area contributed by atoms with E-state index in [0.717, 1.165) is 0 Å². The van der Waals surface area contributed by atoms with Crippen molar-refractivity contribution in [2.24, 2.45) is 0 Å². The number of halogens is 1. The maximum atomic E-state index is 12.2. The molecule has 4 nitrogen and oxygen atoms in total. The Balaban J connectivity index is 3.09. The summed E-state index contributed by atoms with van der Waals surface area (Å²) >= 11 is 7.09. The Kier molecular flexibility index (Phi) is 4.16. The molecule has 0 fully saturated rings. The van der Waals surface area contributed by atoms with E-state index in [1.165, 1.54) is 30.1 Å². The summed E-state index contributed by atoms with van der Waals surface area (Å²) in [4.78, 5) is 25.0. The van der Waals surface area contributed by atoms with Gasteiger partial charge < -0.3 is 10.0 Å². The molecule has 1 aromatic rings. The minimum Gasteiger partial charge on any atom is -0.480 e. The van der Waals surface area contributed by atoms with Crippen LogP contribution in [0.4, 0.5) is 0 Å². The van der Waals surface area contributed by atoms with Crippen molar-refractivity contribution in [1.82, 2.24) is 4.90 Å². The smallest absolute Gasteiger partial charge is 0.329 e. The number of carbonyl (C=O) groups is 2. The first kappa shape index (κ1) is 14.0. The third-order valence-electron chi connectivity index (χ3n) is 2.57. The molecule has 0 aliphatic rings. The van der Waals surface area contributed by atoms with Gasteiger partial charge in [-0.3, -0.25) is 4.79 Å². The van der Waals surface area contributed by atoms with Gasteiger partial charge in [-0.1, -0.05) is 11.6 Å². The summed E-state index contributed by atoms with van der Waals surface area (Å²) in [5.74, 6) is -1.39. The summed E-state index contributed by atoms with van der Waals surface area (Å²) < 4.78 is 0. The fourth-order valence-electron chi connectivity index (χ4n) is 1.48. The summed E-state index contributed by atoms with van der Waals surface area (Å²) in [7, 11) is 0. The topological polar surface area (TPSA) is 57.6 Å². The van der Waals surface area contributed by atoms with Crippen LogP contribution in [0.15, 0.2) is 11.4 Å². The molecule has 1 aromatic heterocycles. The van der Waals surface area contributed by atoms with E-state index >= 15 is 0 Å². The van der Waals surface area contributed by atoms with Gasteiger partial charge in [0.1, 0.15) is 10.4 Å². The van der Waals surface area contributed by atoms with Crippen LogP contribution < -0.4 is 0 Å². The number of amides is 1. The largest absolute Gasteiger partial charge is 0.480 e. The van der Waals surface area contributed by atoms with E-state index in [4.69, 9.17) is 16.7 Å². The second-order valence-electron chi connectivity index (χ2n) is 4.01. The molecule has 1 rings (SSSR count). The summed E-state index contributed by atoms with van der Waals surface area (Å²) in [5, 5.41) is 11.2. The lowest BCUT2D eigenvalue weighted by atomic mass is 10.0. The van der Waals surface area contributed by atoms with Gasteiger partial charge in [0.25, 0.3) is 5.91 Å². The number of hydrogen-bond acceptors (Lipinski definition) is 3. The van der Waals surface area contributed by atoms with E-state index in [0.29, 0.717) is 16.4 Å². The number of carboxylic acids is 1. The fourth-order valence-corrected chi connectivity index (χ4v) is 2.56. The number of likely N-dealkylation sites (N-methyl/N-ethyl adjacent to an activating group) is 1. The molecule has 0 saturated heterocycles. The molecule has 1 N–H and O–H groups in total. The number of thiophene rings is 1. The normalized spacial score (nSPS) is 11.3. The van der Waals surface area contributed by atoms with E-state index in [1.807, 2.05) is 0 Å². The Morgan fingerprint density at radius 1 is 1.53 bits per heavy atom. The summed E-state index contributed by atoms with van der Waals surface area (Å²) in [6.45, 7) is 5.05. The zero-order valence-electron chi connectivity index (χ0n) is 9.86. The molecule has 0 bridgehead atoms. The maximum Gasteiger partial charge on any atom is 0.329 e. The van der Waals surface area contributed by atoms with Gasteiger partial charge in [0, 0.05) is 6.54 Å². The second kappa shape index (κ2) is 5.06. The molecule has 6 heteroatoms. The van der Waals surface area contributed by atoms with Crippen LogP contribution in [0.5, 0.6) is 0 Å². The Morgan fingerprint density at radius 3 is 2.47 bits per heavy atom. The first-order valence-corrected chi connectivity index (χ1v) is 6.36. The Morgan fingerprint density at radius 2 is 2.12 bits per heavy atom. The third-order valence-corrected chi connectivity index (χ3v) is 3.90. The van der Waals surface area contributed by atoms with Crippen molar-refractivity contribution >= 4 is 34.8 Å². The fraction of sp³-hybridized carbons (Fsp3) is 0.455. The molecule has 0 aromatic carbocycles. The number of carbonyl (C=O) groups excluding carboxylic acids is 1. The van der Waals surface area contributed by atoms with E-state index < -0.39 is 11.5 Å². The van der Waals surface area contributed by atoms with Gasteiger partial charge in [0.2, 0.25) is 0 Å². The predicted octanol–water partition coefficient (Wildman–Crippen LogP) is 2.73. The second-order valence-corrected chi connectivity index (χ2v) is 5.33.